The molecule has 0 atom stereocenters. The fraction of sp³-hybridized carbons (Fsp3) is 0.0714. The highest BCUT2D eigenvalue weighted by Gasteiger charge is 2.17. The summed E-state index contributed by atoms with van der Waals surface area (Å²) in [6, 6.07) is 22.9. The van der Waals surface area contributed by atoms with Crippen LogP contribution in [0.4, 0.5) is 5.69 Å². The molecular formula is C28H23N5. The summed E-state index contributed by atoms with van der Waals surface area (Å²) in [5, 5.41) is 0. The smallest absolute Gasteiger partial charge is 0.0738 e. The molecule has 0 fully saturated rings. The topological polar surface area (TPSA) is 60.6 Å². The van der Waals surface area contributed by atoms with Crippen LogP contribution in [-0.2, 0) is 0 Å². The first-order chi connectivity index (χ1) is 16.1. The molecule has 2 N–H and O–H groups in total. The maximum atomic E-state index is 4.98. The maximum Gasteiger partial charge on any atom is 0.0738 e. The SMILES string of the molecule is CN(C)c1ccccc1-c1c2nc(cc3ccc(cc4ccc(cc5nc1C=C5)[nH]4)[nH]3)C=C2. The fourth-order valence-corrected chi connectivity index (χ4v) is 4.36. The van der Waals surface area contributed by atoms with E-state index in [0.29, 0.717) is 0 Å². The molecule has 33 heavy (non-hydrogen) atoms. The van der Waals surface area contributed by atoms with Crippen molar-refractivity contribution in [1.82, 2.24) is 19.9 Å². The molecule has 5 heterocycles. The van der Waals surface area contributed by atoms with Gasteiger partial charge in [0.05, 0.1) is 22.8 Å². The van der Waals surface area contributed by atoms with Gasteiger partial charge in [0.15, 0.2) is 0 Å². The van der Waals surface area contributed by atoms with E-state index in [4.69, 9.17) is 9.97 Å². The van der Waals surface area contributed by atoms with E-state index < -0.39 is 0 Å². The summed E-state index contributed by atoms with van der Waals surface area (Å²) in [7, 11) is 4.12. The van der Waals surface area contributed by atoms with E-state index in [1.807, 2.05) is 0 Å². The molecule has 0 aliphatic carbocycles. The van der Waals surface area contributed by atoms with Crippen LogP contribution in [0.25, 0.3) is 57.5 Å². The number of anilines is 1. The van der Waals surface area contributed by atoms with Gasteiger partial charge in [0, 0.05) is 53.0 Å². The minimum atomic E-state index is 0.908. The van der Waals surface area contributed by atoms with Gasteiger partial charge < -0.3 is 14.9 Å². The Balaban J connectivity index is 1.73. The molecule has 5 heteroatoms. The predicted octanol–water partition coefficient (Wildman–Crippen LogP) is 6.39. The normalized spacial score (nSPS) is 12.3. The molecule has 2 aliphatic heterocycles. The first-order valence-electron chi connectivity index (χ1n) is 11.0. The van der Waals surface area contributed by atoms with Gasteiger partial charge in [-0.3, -0.25) is 0 Å². The molecule has 0 unspecified atom stereocenters. The number of nitrogens with zero attached hydrogens (tertiary/aromatic N) is 3. The Labute approximate surface area is 191 Å². The third-order valence-electron chi connectivity index (χ3n) is 5.87. The largest absolute Gasteiger partial charge is 0.377 e. The van der Waals surface area contributed by atoms with E-state index in [1.54, 1.807) is 0 Å². The number of H-pyrrole nitrogens is 2. The van der Waals surface area contributed by atoms with Crippen molar-refractivity contribution >= 4 is 52.1 Å². The number of hydrogen-bond donors (Lipinski definition) is 2. The summed E-state index contributed by atoms with van der Waals surface area (Å²) in [6.45, 7) is 0. The molecule has 0 amide bonds. The average Bonchev–Trinajstić information content (AvgIpc) is 3.60. The molecule has 8 bridgehead atoms. The Kier molecular flexibility index (Phi) is 4.47. The minimum Gasteiger partial charge on any atom is -0.377 e. The van der Waals surface area contributed by atoms with Crippen molar-refractivity contribution in [3.63, 3.8) is 0 Å². The lowest BCUT2D eigenvalue weighted by Gasteiger charge is -2.18. The van der Waals surface area contributed by atoms with Crippen LogP contribution in [0.3, 0.4) is 0 Å². The second-order valence-corrected chi connectivity index (χ2v) is 8.47. The van der Waals surface area contributed by atoms with Crippen molar-refractivity contribution < 1.29 is 0 Å². The molecule has 0 radical (unpaired) electrons. The number of aromatic nitrogens is 4. The molecule has 3 aromatic heterocycles. The number of benzene rings is 1. The van der Waals surface area contributed by atoms with Gasteiger partial charge in [0.1, 0.15) is 0 Å². The Hall–Kier alpha value is -4.38. The van der Waals surface area contributed by atoms with Crippen molar-refractivity contribution in [2.45, 2.75) is 0 Å². The van der Waals surface area contributed by atoms with Crippen LogP contribution in [0.2, 0.25) is 0 Å². The lowest BCUT2D eigenvalue weighted by Crippen LogP contribution is -2.10. The van der Waals surface area contributed by atoms with Crippen LogP contribution >= 0.6 is 0 Å². The van der Waals surface area contributed by atoms with E-state index in [9.17, 15) is 0 Å². The third-order valence-corrected chi connectivity index (χ3v) is 5.87. The number of hydrogen-bond acceptors (Lipinski definition) is 3. The van der Waals surface area contributed by atoms with Crippen molar-refractivity contribution in [1.29, 1.82) is 0 Å². The van der Waals surface area contributed by atoms with Gasteiger partial charge in [0.25, 0.3) is 0 Å². The summed E-state index contributed by atoms with van der Waals surface area (Å²) >= 11 is 0. The van der Waals surface area contributed by atoms with E-state index in [2.05, 4.69) is 120 Å². The van der Waals surface area contributed by atoms with Crippen LogP contribution in [-0.4, -0.2) is 34.0 Å². The average molecular weight is 430 g/mol. The molecule has 1 aromatic carbocycles. The zero-order chi connectivity index (χ0) is 22.4. The summed E-state index contributed by atoms with van der Waals surface area (Å²) in [5.41, 5.74) is 11.0. The van der Waals surface area contributed by atoms with Gasteiger partial charge in [-0.25, -0.2) is 9.97 Å². The quantitative estimate of drug-likeness (QED) is 0.335. The summed E-state index contributed by atoms with van der Waals surface area (Å²) in [5.74, 6) is 0. The number of aromatic amines is 2. The predicted molar refractivity (Wildman–Crippen MR) is 139 cm³/mol. The highest BCUT2D eigenvalue weighted by Crippen LogP contribution is 2.36. The zero-order valence-corrected chi connectivity index (χ0v) is 18.5. The summed E-state index contributed by atoms with van der Waals surface area (Å²) < 4.78 is 0. The Morgan fingerprint density at radius 3 is 1.67 bits per heavy atom. The molecule has 0 saturated heterocycles. The lowest BCUT2D eigenvalue weighted by atomic mass is 10.00. The number of fused-ring (bicyclic) bond motifs is 8. The molecule has 0 saturated carbocycles. The van der Waals surface area contributed by atoms with Gasteiger partial charge in [0.2, 0.25) is 0 Å². The van der Waals surface area contributed by atoms with Gasteiger partial charge >= 0.3 is 0 Å². The standard InChI is InChI=1S/C28H23N5/c1-33(2)27-6-4-3-5-24(27)28-25-13-11-22(31-25)16-20-9-7-18(29-20)15-19-8-10-21(30-19)17-23-12-14-26(28)32-23/h3-17,29-30H,1-2H3. The monoisotopic (exact) mass is 429 g/mol. The zero-order valence-electron chi connectivity index (χ0n) is 18.5. The highest BCUT2D eigenvalue weighted by molar-refractivity contribution is 5.93. The number of nitrogens with one attached hydrogen (secondary N) is 2. The minimum absolute atomic E-state index is 0.908. The molecule has 0 spiro atoms. The van der Waals surface area contributed by atoms with Gasteiger partial charge in [-0.05, 0) is 72.8 Å². The first-order valence-corrected chi connectivity index (χ1v) is 11.0. The van der Waals surface area contributed by atoms with Crippen LogP contribution in [0.5, 0.6) is 0 Å². The van der Waals surface area contributed by atoms with Crippen molar-refractivity contribution in [2.75, 3.05) is 19.0 Å². The fourth-order valence-electron chi connectivity index (χ4n) is 4.36. The molecule has 160 valence electrons. The van der Waals surface area contributed by atoms with Crippen molar-refractivity contribution in [3.05, 3.63) is 89.5 Å². The second kappa shape index (κ2) is 7.64. The van der Waals surface area contributed by atoms with E-state index >= 15 is 0 Å². The van der Waals surface area contributed by atoms with Crippen LogP contribution in [0, 0.1) is 0 Å². The van der Waals surface area contributed by atoms with Crippen LogP contribution < -0.4 is 4.90 Å². The summed E-state index contributed by atoms with van der Waals surface area (Å²) in [6.07, 6.45) is 8.28. The van der Waals surface area contributed by atoms with E-state index in [-0.39, 0.29) is 0 Å². The Bertz CT molecular complexity index is 1510. The van der Waals surface area contributed by atoms with E-state index in [1.165, 1.54) is 0 Å². The highest BCUT2D eigenvalue weighted by atomic mass is 15.1. The Morgan fingerprint density at radius 2 is 1.12 bits per heavy atom. The number of para-hydroxylation sites is 1. The van der Waals surface area contributed by atoms with Crippen molar-refractivity contribution in [3.8, 4) is 11.1 Å². The van der Waals surface area contributed by atoms with Crippen molar-refractivity contribution in [2.24, 2.45) is 0 Å². The van der Waals surface area contributed by atoms with E-state index in [0.717, 1.165) is 61.7 Å². The second-order valence-electron chi connectivity index (χ2n) is 8.47. The van der Waals surface area contributed by atoms with Crippen LogP contribution in [0.1, 0.15) is 22.8 Å². The first kappa shape index (κ1) is 19.3. The van der Waals surface area contributed by atoms with Gasteiger partial charge in [-0.15, -0.1) is 0 Å². The molecular weight excluding hydrogens is 406 g/mol. The van der Waals surface area contributed by atoms with Gasteiger partial charge in [-0.2, -0.15) is 0 Å². The Morgan fingerprint density at radius 1 is 0.606 bits per heavy atom. The number of rotatable bonds is 2. The molecule has 6 rings (SSSR count). The third kappa shape index (κ3) is 3.64. The maximum absolute atomic E-state index is 4.98. The molecule has 5 nitrogen and oxygen atoms in total. The summed E-state index contributed by atoms with van der Waals surface area (Å²) in [4.78, 5) is 19.0. The molecule has 2 aliphatic rings. The molecule has 4 aromatic rings. The lowest BCUT2D eigenvalue weighted by molar-refractivity contribution is 1.13. The van der Waals surface area contributed by atoms with Crippen LogP contribution in [0.15, 0.2) is 66.7 Å². The van der Waals surface area contributed by atoms with Gasteiger partial charge in [-0.1, -0.05) is 18.2 Å².